The molecule has 0 saturated heterocycles. The SMILES string of the molecule is O=C(NCc1ccc(C23CC4CC(CC(C4)C2)C3)cc1)c1ccc(Nc2ccccc2C(=O)O)cc1. The van der Waals surface area contributed by atoms with Gasteiger partial charge in [0.05, 0.1) is 11.3 Å². The van der Waals surface area contributed by atoms with Gasteiger partial charge in [0.25, 0.3) is 5.91 Å². The molecule has 1 amide bonds. The van der Waals surface area contributed by atoms with Gasteiger partial charge in [-0.2, -0.15) is 0 Å². The summed E-state index contributed by atoms with van der Waals surface area (Å²) in [5.74, 6) is 1.69. The van der Waals surface area contributed by atoms with Gasteiger partial charge in [-0.15, -0.1) is 0 Å². The number of anilines is 2. The molecule has 0 unspecified atom stereocenters. The fraction of sp³-hybridized carbons (Fsp3) is 0.355. The Labute approximate surface area is 211 Å². The van der Waals surface area contributed by atoms with Gasteiger partial charge >= 0.3 is 5.97 Å². The number of carboxylic acid groups (broad SMARTS) is 1. The highest BCUT2D eigenvalue weighted by atomic mass is 16.4. The van der Waals surface area contributed by atoms with Crippen molar-refractivity contribution in [2.75, 3.05) is 5.32 Å². The lowest BCUT2D eigenvalue weighted by molar-refractivity contribution is -0.00519. The summed E-state index contributed by atoms with van der Waals surface area (Å²) in [6.07, 6.45) is 8.45. The predicted molar refractivity (Wildman–Crippen MR) is 141 cm³/mol. The fourth-order valence-corrected chi connectivity index (χ4v) is 7.36. The average molecular weight is 481 g/mol. The lowest BCUT2D eigenvalue weighted by Gasteiger charge is -2.57. The Hall–Kier alpha value is -3.60. The molecule has 3 N–H and O–H groups in total. The molecule has 3 aromatic rings. The van der Waals surface area contributed by atoms with Gasteiger partial charge in [0.1, 0.15) is 0 Å². The fourth-order valence-electron chi connectivity index (χ4n) is 7.36. The number of benzene rings is 3. The maximum absolute atomic E-state index is 12.7. The number of carbonyl (C=O) groups is 2. The summed E-state index contributed by atoms with van der Waals surface area (Å²) in [4.78, 5) is 24.1. The first-order valence-electron chi connectivity index (χ1n) is 13.0. The maximum atomic E-state index is 12.7. The molecule has 5 heteroatoms. The Bertz CT molecular complexity index is 1240. The monoisotopic (exact) mass is 480 g/mol. The first kappa shape index (κ1) is 22.8. The zero-order chi connectivity index (χ0) is 24.7. The predicted octanol–water partition coefficient (Wildman–Crippen LogP) is 6.53. The molecule has 184 valence electrons. The van der Waals surface area contributed by atoms with Crippen LogP contribution in [0.1, 0.15) is 70.4 Å². The Morgan fingerprint density at radius 2 is 1.42 bits per heavy atom. The van der Waals surface area contributed by atoms with Gasteiger partial charge in [-0.1, -0.05) is 36.4 Å². The van der Waals surface area contributed by atoms with E-state index in [1.165, 1.54) is 44.1 Å². The summed E-state index contributed by atoms with van der Waals surface area (Å²) in [5, 5.41) is 15.5. The van der Waals surface area contributed by atoms with Crippen LogP contribution >= 0.6 is 0 Å². The molecule has 4 fully saturated rings. The minimum Gasteiger partial charge on any atom is -0.478 e. The molecule has 0 heterocycles. The third-order valence-electron chi connectivity index (χ3n) is 8.64. The van der Waals surface area contributed by atoms with Crippen LogP contribution in [-0.2, 0) is 12.0 Å². The van der Waals surface area contributed by atoms with Gasteiger partial charge in [-0.3, -0.25) is 4.79 Å². The van der Waals surface area contributed by atoms with Crippen molar-refractivity contribution < 1.29 is 14.7 Å². The first-order valence-corrected chi connectivity index (χ1v) is 13.0. The summed E-state index contributed by atoms with van der Waals surface area (Å²) in [6, 6.07) is 22.8. The van der Waals surface area contributed by atoms with Crippen LogP contribution in [0.5, 0.6) is 0 Å². The molecule has 3 aromatic carbocycles. The van der Waals surface area contributed by atoms with Crippen LogP contribution in [0.25, 0.3) is 0 Å². The minimum absolute atomic E-state index is 0.127. The Morgan fingerprint density at radius 1 is 0.806 bits per heavy atom. The molecule has 0 aromatic heterocycles. The normalized spacial score (nSPS) is 25.9. The van der Waals surface area contributed by atoms with Crippen LogP contribution in [0.4, 0.5) is 11.4 Å². The molecule has 36 heavy (non-hydrogen) atoms. The number of rotatable bonds is 7. The van der Waals surface area contributed by atoms with E-state index < -0.39 is 5.97 Å². The van der Waals surface area contributed by atoms with Crippen LogP contribution in [-0.4, -0.2) is 17.0 Å². The molecule has 4 bridgehead atoms. The summed E-state index contributed by atoms with van der Waals surface area (Å²) in [5.41, 5.74) is 5.02. The van der Waals surface area contributed by atoms with Crippen molar-refractivity contribution in [3.63, 3.8) is 0 Å². The van der Waals surface area contributed by atoms with E-state index in [0.717, 1.165) is 29.0 Å². The number of carbonyl (C=O) groups excluding carboxylic acids is 1. The van der Waals surface area contributed by atoms with Crippen molar-refractivity contribution in [1.29, 1.82) is 0 Å². The Morgan fingerprint density at radius 3 is 2.03 bits per heavy atom. The van der Waals surface area contributed by atoms with Crippen molar-refractivity contribution in [2.45, 2.75) is 50.5 Å². The van der Waals surface area contributed by atoms with E-state index in [1.807, 2.05) is 0 Å². The lowest BCUT2D eigenvalue weighted by atomic mass is 9.48. The minimum atomic E-state index is -0.986. The smallest absolute Gasteiger partial charge is 0.337 e. The molecule has 4 aliphatic carbocycles. The largest absolute Gasteiger partial charge is 0.478 e. The second-order valence-electron chi connectivity index (χ2n) is 11.1. The van der Waals surface area contributed by atoms with Gasteiger partial charge in [0.2, 0.25) is 0 Å². The van der Waals surface area contributed by atoms with Crippen molar-refractivity contribution in [2.24, 2.45) is 17.8 Å². The van der Waals surface area contributed by atoms with Crippen LogP contribution in [0.15, 0.2) is 72.8 Å². The van der Waals surface area contributed by atoms with Gasteiger partial charge in [-0.05, 0) is 109 Å². The zero-order valence-electron chi connectivity index (χ0n) is 20.4. The molecular formula is C31H32N2O3. The van der Waals surface area contributed by atoms with E-state index in [-0.39, 0.29) is 11.5 Å². The highest BCUT2D eigenvalue weighted by Crippen LogP contribution is 2.60. The van der Waals surface area contributed by atoms with Crippen LogP contribution in [0, 0.1) is 17.8 Å². The van der Waals surface area contributed by atoms with Gasteiger partial charge < -0.3 is 15.7 Å². The van der Waals surface area contributed by atoms with E-state index in [0.29, 0.717) is 23.2 Å². The van der Waals surface area contributed by atoms with Crippen molar-refractivity contribution in [3.05, 3.63) is 95.1 Å². The van der Waals surface area contributed by atoms with Crippen LogP contribution in [0.3, 0.4) is 0 Å². The van der Waals surface area contributed by atoms with E-state index in [2.05, 4.69) is 34.9 Å². The number of amides is 1. The van der Waals surface area contributed by atoms with Crippen molar-refractivity contribution in [3.8, 4) is 0 Å². The second kappa shape index (κ2) is 9.12. The molecule has 0 radical (unpaired) electrons. The lowest BCUT2D eigenvalue weighted by Crippen LogP contribution is -2.48. The summed E-state index contributed by atoms with van der Waals surface area (Å²) < 4.78 is 0. The molecule has 4 saturated carbocycles. The number of hydrogen-bond donors (Lipinski definition) is 3. The summed E-state index contributed by atoms with van der Waals surface area (Å²) >= 11 is 0. The molecule has 0 atom stereocenters. The zero-order valence-corrected chi connectivity index (χ0v) is 20.4. The van der Waals surface area contributed by atoms with Crippen molar-refractivity contribution >= 4 is 23.3 Å². The van der Waals surface area contributed by atoms with E-state index >= 15 is 0 Å². The molecule has 0 spiro atoms. The van der Waals surface area contributed by atoms with Crippen molar-refractivity contribution in [1.82, 2.24) is 5.32 Å². The summed E-state index contributed by atoms with van der Waals surface area (Å²) in [7, 11) is 0. The standard InChI is InChI=1S/C31H32N2O3/c34-29(24-7-11-26(12-8-24)33-28-4-2-1-3-27(28)30(35)36)32-19-20-5-9-25(10-6-20)31-16-21-13-22(17-31)15-23(14-21)18-31/h1-12,21-23,33H,13-19H2,(H,32,34)(H,35,36). The van der Waals surface area contributed by atoms with Gasteiger partial charge in [0.15, 0.2) is 0 Å². The van der Waals surface area contributed by atoms with E-state index in [9.17, 15) is 14.7 Å². The Kier molecular flexibility index (Phi) is 5.79. The second-order valence-corrected chi connectivity index (χ2v) is 11.1. The molecular weight excluding hydrogens is 448 g/mol. The molecule has 5 nitrogen and oxygen atoms in total. The van der Waals surface area contributed by atoms with Gasteiger partial charge in [-0.25, -0.2) is 4.79 Å². The molecule has 7 rings (SSSR count). The average Bonchev–Trinajstić information content (AvgIpc) is 2.87. The number of aromatic carboxylic acids is 1. The number of para-hydroxylation sites is 1. The number of carboxylic acids is 1. The number of nitrogens with one attached hydrogen (secondary N) is 2. The summed E-state index contributed by atoms with van der Waals surface area (Å²) in [6.45, 7) is 0.492. The third kappa shape index (κ3) is 4.39. The van der Waals surface area contributed by atoms with Crippen LogP contribution < -0.4 is 10.6 Å². The highest BCUT2D eigenvalue weighted by molar-refractivity contribution is 5.96. The van der Waals surface area contributed by atoms with Crippen LogP contribution in [0.2, 0.25) is 0 Å². The van der Waals surface area contributed by atoms with Gasteiger partial charge in [0, 0.05) is 17.8 Å². The number of hydrogen-bond acceptors (Lipinski definition) is 3. The Balaban J connectivity index is 1.06. The first-order chi connectivity index (χ1) is 17.5. The van der Waals surface area contributed by atoms with E-state index in [4.69, 9.17) is 0 Å². The molecule has 4 aliphatic rings. The quantitative estimate of drug-likeness (QED) is 0.359. The maximum Gasteiger partial charge on any atom is 0.337 e. The van der Waals surface area contributed by atoms with E-state index in [1.54, 1.807) is 48.5 Å². The molecule has 0 aliphatic heterocycles. The third-order valence-corrected chi connectivity index (χ3v) is 8.64. The topological polar surface area (TPSA) is 78.4 Å². The highest BCUT2D eigenvalue weighted by Gasteiger charge is 2.51.